The van der Waals surface area contributed by atoms with Gasteiger partial charge in [-0.3, -0.25) is 0 Å². The van der Waals surface area contributed by atoms with Crippen molar-refractivity contribution in [3.63, 3.8) is 0 Å². The molecule has 0 aliphatic carbocycles. The normalized spacial score (nSPS) is 11.8. The quantitative estimate of drug-likeness (QED) is 0.194. The van der Waals surface area contributed by atoms with Gasteiger partial charge in [-0.1, -0.05) is 0 Å². The van der Waals surface area contributed by atoms with Crippen molar-refractivity contribution in [1.29, 1.82) is 0 Å². The number of hydrogen-bond donors (Lipinski definition) is 1. The Morgan fingerprint density at radius 3 is 1.26 bits per heavy atom. The van der Waals surface area contributed by atoms with Gasteiger partial charge in [-0.2, -0.15) is 0 Å². The number of aliphatic carboxylic acids is 1. The van der Waals surface area contributed by atoms with Crippen molar-refractivity contribution < 1.29 is 9.90 Å². The Balaban J connectivity index is 4.61. The summed E-state index contributed by atoms with van der Waals surface area (Å²) in [6, 6.07) is 0. The second-order valence-electron chi connectivity index (χ2n) is 7.50. The van der Waals surface area contributed by atoms with E-state index in [0.29, 0.717) is 4.44 Å². The Bertz CT molecular complexity index is 248. The predicted octanol–water partition coefficient (Wildman–Crippen LogP) is 7.26. The molecule has 138 valence electrons. The number of carboxylic acids is 1. The van der Waals surface area contributed by atoms with Crippen LogP contribution in [0.4, 0.5) is 0 Å². The molecule has 0 aliphatic rings. The van der Waals surface area contributed by atoms with E-state index in [-0.39, 0.29) is 0 Å². The Hall–Kier alpha value is 0.269. The van der Waals surface area contributed by atoms with Crippen LogP contribution in [-0.4, -0.2) is 29.5 Å². The summed E-state index contributed by atoms with van der Waals surface area (Å²) < 4.78 is 4.59. The number of carbonyl (C=O) groups is 1. The Kier molecular flexibility index (Phi) is 16.0. The van der Waals surface area contributed by atoms with Gasteiger partial charge in [0.2, 0.25) is 0 Å². The van der Waals surface area contributed by atoms with E-state index < -0.39 is 24.3 Å². The van der Waals surface area contributed by atoms with E-state index in [4.69, 9.17) is 0 Å². The van der Waals surface area contributed by atoms with Crippen LogP contribution in [-0.2, 0) is 4.79 Å². The molecule has 0 atom stereocenters. The molecule has 0 bridgehead atoms. The average molecular weight is 433 g/mol. The molecule has 0 saturated carbocycles. The SMILES string of the molecule is CCCCC[CH2][Sn]([CH2]CCCCC)([CH2]CCCCC)[CH2]C(=O)O. The van der Waals surface area contributed by atoms with Crippen LogP contribution in [0.15, 0.2) is 0 Å². The Morgan fingerprint density at radius 1 is 0.652 bits per heavy atom. The van der Waals surface area contributed by atoms with Crippen molar-refractivity contribution in [2.45, 2.75) is 116 Å². The summed E-state index contributed by atoms with van der Waals surface area (Å²) in [4.78, 5) is 11.5. The van der Waals surface area contributed by atoms with E-state index >= 15 is 0 Å². The summed E-state index contributed by atoms with van der Waals surface area (Å²) in [6.45, 7) is 6.76. The molecule has 1 N–H and O–H groups in total. The van der Waals surface area contributed by atoms with Gasteiger partial charge in [0.15, 0.2) is 0 Å². The first kappa shape index (κ1) is 23.3. The topological polar surface area (TPSA) is 37.3 Å². The molecule has 0 saturated heterocycles. The second-order valence-corrected chi connectivity index (χ2v) is 21.4. The number of hydrogen-bond acceptors (Lipinski definition) is 1. The monoisotopic (exact) mass is 434 g/mol. The van der Waals surface area contributed by atoms with Crippen molar-refractivity contribution in [1.82, 2.24) is 0 Å². The van der Waals surface area contributed by atoms with Crippen LogP contribution in [0, 0.1) is 0 Å². The number of rotatable bonds is 17. The first-order valence-corrected chi connectivity index (χ1v) is 18.4. The first-order valence-electron chi connectivity index (χ1n) is 10.3. The van der Waals surface area contributed by atoms with Gasteiger partial charge in [-0.15, -0.1) is 0 Å². The van der Waals surface area contributed by atoms with E-state index in [9.17, 15) is 9.90 Å². The second kappa shape index (κ2) is 15.8. The number of carboxylic acid groups (broad SMARTS) is 1. The summed E-state index contributed by atoms with van der Waals surface area (Å²) >= 11 is -2.47. The predicted molar refractivity (Wildman–Crippen MR) is 105 cm³/mol. The van der Waals surface area contributed by atoms with E-state index in [1.807, 2.05) is 0 Å². The van der Waals surface area contributed by atoms with Gasteiger partial charge in [0.05, 0.1) is 0 Å². The molecule has 3 heteroatoms. The molecule has 0 aliphatic heterocycles. The van der Waals surface area contributed by atoms with Gasteiger partial charge in [0.1, 0.15) is 0 Å². The fraction of sp³-hybridized carbons (Fsp3) is 0.950. The van der Waals surface area contributed by atoms with Gasteiger partial charge in [0.25, 0.3) is 0 Å². The molecule has 0 rings (SSSR count). The van der Waals surface area contributed by atoms with Gasteiger partial charge < -0.3 is 0 Å². The molecule has 0 aromatic carbocycles. The van der Waals surface area contributed by atoms with Crippen molar-refractivity contribution in [2.24, 2.45) is 0 Å². The fourth-order valence-electron chi connectivity index (χ4n) is 3.74. The number of unbranched alkanes of at least 4 members (excludes halogenated alkanes) is 9. The molecule has 0 unspecified atom stereocenters. The molecule has 0 heterocycles. The third kappa shape index (κ3) is 13.3. The van der Waals surface area contributed by atoms with Crippen LogP contribution < -0.4 is 0 Å². The van der Waals surface area contributed by atoms with Crippen LogP contribution in [0.2, 0.25) is 17.7 Å². The van der Waals surface area contributed by atoms with E-state index in [0.717, 1.165) is 0 Å². The molecule has 0 fully saturated rings. The standard InChI is InChI=1S/3C6H13.C2H3O2.Sn/c3*1-3-5-6-4-2;1-2(3)4;/h3*1,3-6H2,2H3;1H2,(H,3,4);. The summed E-state index contributed by atoms with van der Waals surface area (Å²) in [5.41, 5.74) is 0. The van der Waals surface area contributed by atoms with Crippen molar-refractivity contribution >= 4 is 24.3 Å². The summed E-state index contributed by atoms with van der Waals surface area (Å²) in [6.07, 6.45) is 15.6. The van der Waals surface area contributed by atoms with Crippen LogP contribution in [0.25, 0.3) is 0 Å². The zero-order chi connectivity index (χ0) is 17.4. The maximum atomic E-state index is 11.5. The molecule has 0 radical (unpaired) electrons. The molecule has 0 aromatic rings. The van der Waals surface area contributed by atoms with Crippen LogP contribution in [0.5, 0.6) is 0 Å². The fourth-order valence-corrected chi connectivity index (χ4v) is 17.8. The van der Waals surface area contributed by atoms with Crippen LogP contribution in [0.1, 0.15) is 97.8 Å². The van der Waals surface area contributed by atoms with Crippen LogP contribution >= 0.6 is 0 Å². The zero-order valence-corrected chi connectivity index (χ0v) is 19.0. The van der Waals surface area contributed by atoms with Gasteiger partial charge in [-0.05, 0) is 0 Å². The third-order valence-corrected chi connectivity index (χ3v) is 20.3. The van der Waals surface area contributed by atoms with Crippen LogP contribution in [0.3, 0.4) is 0 Å². The first-order chi connectivity index (χ1) is 11.1. The maximum absolute atomic E-state index is 11.5. The Morgan fingerprint density at radius 2 is 1.00 bits per heavy atom. The Labute approximate surface area is 149 Å². The molecule has 0 spiro atoms. The average Bonchev–Trinajstić information content (AvgIpc) is 2.52. The molecular formula is C20H42O2Sn. The molecule has 2 nitrogen and oxygen atoms in total. The van der Waals surface area contributed by atoms with Gasteiger partial charge in [0, 0.05) is 0 Å². The van der Waals surface area contributed by atoms with E-state index in [1.165, 1.54) is 90.4 Å². The van der Waals surface area contributed by atoms with Crippen molar-refractivity contribution in [2.75, 3.05) is 0 Å². The zero-order valence-electron chi connectivity index (χ0n) is 16.2. The third-order valence-electron chi connectivity index (χ3n) is 5.21. The molecular weight excluding hydrogens is 391 g/mol. The van der Waals surface area contributed by atoms with Gasteiger partial charge >= 0.3 is 150 Å². The van der Waals surface area contributed by atoms with Crippen molar-refractivity contribution in [3.8, 4) is 0 Å². The molecule has 0 aromatic heterocycles. The summed E-state index contributed by atoms with van der Waals surface area (Å²) in [5, 5.41) is 9.51. The summed E-state index contributed by atoms with van der Waals surface area (Å²) in [7, 11) is 0. The van der Waals surface area contributed by atoms with E-state index in [1.54, 1.807) is 0 Å². The van der Waals surface area contributed by atoms with E-state index in [2.05, 4.69) is 20.8 Å². The molecule has 0 amide bonds. The summed E-state index contributed by atoms with van der Waals surface area (Å²) in [5.74, 6) is -0.498. The molecule has 23 heavy (non-hydrogen) atoms. The van der Waals surface area contributed by atoms with Crippen molar-refractivity contribution in [3.05, 3.63) is 0 Å². The minimum absolute atomic E-state index is 0.498. The minimum atomic E-state index is -2.47. The van der Waals surface area contributed by atoms with Gasteiger partial charge in [-0.25, -0.2) is 0 Å².